The van der Waals surface area contributed by atoms with E-state index >= 15 is 0 Å². The van der Waals surface area contributed by atoms with E-state index in [0.29, 0.717) is 12.1 Å². The molecule has 2 heterocycles. The van der Waals surface area contributed by atoms with Crippen molar-refractivity contribution in [1.29, 1.82) is 0 Å². The molecule has 1 aromatic rings. The first-order chi connectivity index (χ1) is 7.84. The van der Waals surface area contributed by atoms with Gasteiger partial charge < -0.3 is 15.0 Å². The van der Waals surface area contributed by atoms with Crippen LogP contribution in [0.3, 0.4) is 0 Å². The van der Waals surface area contributed by atoms with E-state index in [1.54, 1.807) is 0 Å². The third kappa shape index (κ3) is 1.65. The molecular weight excluding hydrogens is 200 g/mol. The van der Waals surface area contributed by atoms with Gasteiger partial charge in [0.1, 0.15) is 5.75 Å². The number of rotatable bonds is 0. The van der Waals surface area contributed by atoms with Crippen LogP contribution in [0.1, 0.15) is 13.3 Å². The van der Waals surface area contributed by atoms with E-state index in [0.717, 1.165) is 31.8 Å². The predicted molar refractivity (Wildman–Crippen MR) is 65.2 cm³/mol. The Bertz CT molecular complexity index is 380. The van der Waals surface area contributed by atoms with Gasteiger partial charge in [0.05, 0.1) is 11.8 Å². The summed E-state index contributed by atoms with van der Waals surface area (Å²) < 4.78 is 5.98. The first kappa shape index (κ1) is 9.97. The van der Waals surface area contributed by atoms with Gasteiger partial charge >= 0.3 is 0 Å². The van der Waals surface area contributed by atoms with Crippen molar-refractivity contribution in [2.45, 2.75) is 25.5 Å². The lowest BCUT2D eigenvalue weighted by molar-refractivity contribution is 0.207. The van der Waals surface area contributed by atoms with Crippen LogP contribution in [0.2, 0.25) is 0 Å². The largest absolute Gasteiger partial charge is 0.488 e. The highest BCUT2D eigenvalue weighted by atomic mass is 16.5. The molecule has 0 bridgehead atoms. The fraction of sp³-hybridized carbons (Fsp3) is 0.538. The maximum Gasteiger partial charge on any atom is 0.143 e. The first-order valence-corrected chi connectivity index (χ1v) is 6.07. The summed E-state index contributed by atoms with van der Waals surface area (Å²) in [4.78, 5) is 2.50. The molecule has 3 rings (SSSR count). The van der Waals surface area contributed by atoms with Crippen LogP contribution in [-0.4, -0.2) is 31.8 Å². The molecule has 0 saturated carbocycles. The number of hydrogen-bond acceptors (Lipinski definition) is 3. The van der Waals surface area contributed by atoms with Gasteiger partial charge in [0.15, 0.2) is 0 Å². The fourth-order valence-electron chi connectivity index (χ4n) is 2.73. The van der Waals surface area contributed by atoms with Crippen molar-refractivity contribution >= 4 is 5.69 Å². The summed E-state index contributed by atoms with van der Waals surface area (Å²) in [6, 6.07) is 8.97. The number of fused-ring (bicyclic) bond motifs is 3. The number of ether oxygens (including phenoxy) is 1. The van der Waals surface area contributed by atoms with Gasteiger partial charge in [-0.05, 0) is 19.1 Å². The van der Waals surface area contributed by atoms with Crippen LogP contribution >= 0.6 is 0 Å². The average Bonchev–Trinajstić information content (AvgIpc) is 2.44. The predicted octanol–water partition coefficient (Wildman–Crippen LogP) is 1.64. The number of hydrogen-bond donors (Lipinski definition) is 1. The molecule has 0 aliphatic carbocycles. The van der Waals surface area contributed by atoms with E-state index in [1.165, 1.54) is 5.69 Å². The lowest BCUT2D eigenvalue weighted by Gasteiger charge is -2.36. The zero-order chi connectivity index (χ0) is 11.0. The zero-order valence-corrected chi connectivity index (χ0v) is 9.65. The molecule has 0 spiro atoms. The normalized spacial score (nSPS) is 28.7. The molecule has 0 unspecified atom stereocenters. The summed E-state index contributed by atoms with van der Waals surface area (Å²) in [5.41, 5.74) is 1.26. The zero-order valence-electron chi connectivity index (χ0n) is 9.65. The van der Waals surface area contributed by atoms with E-state index in [9.17, 15) is 0 Å². The van der Waals surface area contributed by atoms with Gasteiger partial charge in [-0.15, -0.1) is 0 Å². The number of piperazine rings is 1. The molecule has 1 fully saturated rings. The summed E-state index contributed by atoms with van der Waals surface area (Å²) in [7, 11) is 0. The van der Waals surface area contributed by atoms with Crippen LogP contribution in [0, 0.1) is 0 Å². The van der Waals surface area contributed by atoms with Crippen molar-refractivity contribution in [2.75, 3.05) is 24.5 Å². The van der Waals surface area contributed by atoms with E-state index in [1.807, 2.05) is 6.07 Å². The van der Waals surface area contributed by atoms with Crippen molar-refractivity contribution in [2.24, 2.45) is 0 Å². The third-order valence-corrected chi connectivity index (χ3v) is 3.46. The van der Waals surface area contributed by atoms with Crippen LogP contribution in [0.25, 0.3) is 0 Å². The molecule has 0 amide bonds. The minimum Gasteiger partial charge on any atom is -0.488 e. The van der Waals surface area contributed by atoms with Crippen LogP contribution < -0.4 is 15.0 Å². The van der Waals surface area contributed by atoms with E-state index in [2.05, 4.69) is 35.3 Å². The first-order valence-electron chi connectivity index (χ1n) is 6.07. The number of nitrogens with one attached hydrogen (secondary N) is 1. The Kier molecular flexibility index (Phi) is 2.48. The Morgan fingerprint density at radius 1 is 1.38 bits per heavy atom. The molecule has 2 aliphatic rings. The molecule has 1 saturated heterocycles. The second-order valence-electron chi connectivity index (χ2n) is 4.68. The molecule has 2 atom stereocenters. The number of anilines is 1. The maximum atomic E-state index is 5.98. The van der Waals surface area contributed by atoms with Gasteiger partial charge in [-0.25, -0.2) is 0 Å². The number of para-hydroxylation sites is 2. The SMILES string of the molecule is C[C@@H]1C[C@H]2CNCCN2c2ccccc2O1. The Labute approximate surface area is 96.4 Å². The lowest BCUT2D eigenvalue weighted by Crippen LogP contribution is -2.51. The molecule has 3 nitrogen and oxygen atoms in total. The maximum absolute atomic E-state index is 5.98. The van der Waals surface area contributed by atoms with E-state index < -0.39 is 0 Å². The number of benzene rings is 1. The molecule has 86 valence electrons. The van der Waals surface area contributed by atoms with Crippen molar-refractivity contribution in [1.82, 2.24) is 5.32 Å². The molecule has 2 aliphatic heterocycles. The van der Waals surface area contributed by atoms with E-state index in [-0.39, 0.29) is 0 Å². The summed E-state index contributed by atoms with van der Waals surface area (Å²) in [6.07, 6.45) is 1.40. The monoisotopic (exact) mass is 218 g/mol. The smallest absolute Gasteiger partial charge is 0.143 e. The highest BCUT2D eigenvalue weighted by Gasteiger charge is 2.29. The Balaban J connectivity index is 2.01. The fourth-order valence-corrected chi connectivity index (χ4v) is 2.73. The van der Waals surface area contributed by atoms with Crippen LogP contribution in [0.15, 0.2) is 24.3 Å². The Hall–Kier alpha value is -1.22. The molecular formula is C13H18N2O. The second-order valence-corrected chi connectivity index (χ2v) is 4.68. The molecule has 16 heavy (non-hydrogen) atoms. The van der Waals surface area contributed by atoms with Crippen molar-refractivity contribution in [3.8, 4) is 5.75 Å². The van der Waals surface area contributed by atoms with Crippen molar-refractivity contribution < 1.29 is 4.74 Å². The Morgan fingerprint density at radius 3 is 3.19 bits per heavy atom. The van der Waals surface area contributed by atoms with E-state index in [4.69, 9.17) is 4.74 Å². The van der Waals surface area contributed by atoms with Crippen LogP contribution in [0.4, 0.5) is 5.69 Å². The van der Waals surface area contributed by atoms with Crippen LogP contribution in [-0.2, 0) is 0 Å². The van der Waals surface area contributed by atoms with Crippen molar-refractivity contribution in [3.05, 3.63) is 24.3 Å². The quantitative estimate of drug-likeness (QED) is 0.716. The molecule has 0 aromatic heterocycles. The van der Waals surface area contributed by atoms with Gasteiger partial charge in [-0.2, -0.15) is 0 Å². The van der Waals surface area contributed by atoms with Crippen LogP contribution in [0.5, 0.6) is 5.75 Å². The van der Waals surface area contributed by atoms with Gasteiger partial charge in [-0.3, -0.25) is 0 Å². The summed E-state index contributed by atoms with van der Waals surface area (Å²) in [5, 5.41) is 3.47. The molecule has 3 heteroatoms. The summed E-state index contributed by atoms with van der Waals surface area (Å²) >= 11 is 0. The topological polar surface area (TPSA) is 24.5 Å². The summed E-state index contributed by atoms with van der Waals surface area (Å²) in [5.74, 6) is 1.04. The minimum atomic E-state index is 0.302. The molecule has 1 aromatic carbocycles. The van der Waals surface area contributed by atoms with Gasteiger partial charge in [0.25, 0.3) is 0 Å². The average molecular weight is 218 g/mol. The minimum absolute atomic E-state index is 0.302. The third-order valence-electron chi connectivity index (χ3n) is 3.46. The molecule has 1 N–H and O–H groups in total. The van der Waals surface area contributed by atoms with Crippen molar-refractivity contribution in [3.63, 3.8) is 0 Å². The second kappa shape index (κ2) is 3.98. The highest BCUT2D eigenvalue weighted by Crippen LogP contribution is 2.34. The van der Waals surface area contributed by atoms with Gasteiger partial charge in [0.2, 0.25) is 0 Å². The number of nitrogens with zero attached hydrogens (tertiary/aromatic N) is 1. The highest BCUT2D eigenvalue weighted by molar-refractivity contribution is 5.60. The Morgan fingerprint density at radius 2 is 2.25 bits per heavy atom. The standard InChI is InChI=1S/C13H18N2O/c1-10-8-11-9-14-6-7-15(11)12-4-2-3-5-13(12)16-10/h2-5,10-11,14H,6-9H2,1H3/t10-,11+/m1/s1. The molecule has 0 radical (unpaired) electrons. The lowest BCUT2D eigenvalue weighted by atomic mass is 10.1. The van der Waals surface area contributed by atoms with Gasteiger partial charge in [0, 0.05) is 32.1 Å². The van der Waals surface area contributed by atoms with Gasteiger partial charge in [-0.1, -0.05) is 12.1 Å². The summed E-state index contributed by atoms with van der Waals surface area (Å²) in [6.45, 7) is 5.38.